The molecule has 2 aliphatic heterocycles. The quantitative estimate of drug-likeness (QED) is 0.378. The largest absolute Gasteiger partial charge is 0.390 e. The first-order valence-electron chi connectivity index (χ1n) is 12.1. The predicted molar refractivity (Wildman–Crippen MR) is 152 cm³/mol. The summed E-state index contributed by atoms with van der Waals surface area (Å²) in [4.78, 5) is 16.6. The topological polar surface area (TPSA) is 112 Å². The molecule has 4 heterocycles. The summed E-state index contributed by atoms with van der Waals surface area (Å²) in [5.74, 6) is 1.87. The summed E-state index contributed by atoms with van der Waals surface area (Å²) in [7, 11) is 0. The number of hydrogen-bond donors (Lipinski definition) is 4. The lowest BCUT2D eigenvalue weighted by atomic mass is 9.74. The van der Waals surface area contributed by atoms with Crippen LogP contribution in [0.5, 0.6) is 0 Å². The highest BCUT2D eigenvalue weighted by Crippen LogP contribution is 2.43. The summed E-state index contributed by atoms with van der Waals surface area (Å²) < 4.78 is 3.52. The van der Waals surface area contributed by atoms with Crippen molar-refractivity contribution in [2.75, 3.05) is 36.5 Å². The third-order valence-electron chi connectivity index (χ3n) is 6.24. The van der Waals surface area contributed by atoms with E-state index in [1.165, 1.54) is 11.8 Å². The molecule has 5 N–H and O–H groups in total. The molecule has 198 valence electrons. The van der Waals surface area contributed by atoms with Crippen molar-refractivity contribution in [1.82, 2.24) is 25.0 Å². The van der Waals surface area contributed by atoms with Gasteiger partial charge in [0.1, 0.15) is 16.5 Å². The Kier molecular flexibility index (Phi) is 10.2. The molecule has 11 heteroatoms. The third kappa shape index (κ3) is 6.58. The Morgan fingerprint density at radius 3 is 2.61 bits per heavy atom. The van der Waals surface area contributed by atoms with E-state index < -0.39 is 0 Å². The molecule has 2 aromatic rings. The minimum atomic E-state index is -0.181. The molecule has 1 atom stereocenters. The second-order valence-electron chi connectivity index (χ2n) is 9.87. The number of piperidine rings is 1. The first-order chi connectivity index (χ1) is 17.1. The molecule has 1 spiro atoms. The summed E-state index contributed by atoms with van der Waals surface area (Å²) in [6.07, 6.45) is 5.67. The van der Waals surface area contributed by atoms with Crippen LogP contribution in [0, 0.1) is 18.3 Å². The molecule has 2 aliphatic rings. The Hall–Kier alpha value is -1.72. The van der Waals surface area contributed by atoms with E-state index in [-0.39, 0.29) is 23.9 Å². The van der Waals surface area contributed by atoms with Gasteiger partial charge < -0.3 is 21.1 Å². The van der Waals surface area contributed by atoms with Crippen LogP contribution in [0.2, 0.25) is 5.02 Å². The molecule has 0 amide bonds. The predicted octanol–water partition coefficient (Wildman–Crippen LogP) is 4.66. The second-order valence-corrected chi connectivity index (χ2v) is 11.9. The lowest BCUT2D eigenvalue weighted by Crippen LogP contribution is -2.49. The number of nitrogen functional groups attached to an aromatic ring is 1. The van der Waals surface area contributed by atoms with Gasteiger partial charge in [-0.3, -0.25) is 4.72 Å². The number of aliphatic hydroxyl groups is 1. The summed E-state index contributed by atoms with van der Waals surface area (Å²) >= 11 is 9.31. The summed E-state index contributed by atoms with van der Waals surface area (Å²) in [6.45, 7) is 15.1. The SMILES string of the molecule is C=C1NCC2(CCN(c3nc(C)c(Sc4ccnc(N)c4Cl)nc3CO)CC2)C1NSC.CC(C)C. The zero-order valence-corrected chi connectivity index (χ0v) is 24.2. The minimum absolute atomic E-state index is 0.145. The Morgan fingerprint density at radius 1 is 1.33 bits per heavy atom. The van der Waals surface area contributed by atoms with Crippen molar-refractivity contribution < 1.29 is 5.11 Å². The molecule has 0 aliphatic carbocycles. The van der Waals surface area contributed by atoms with Crippen molar-refractivity contribution in [3.05, 3.63) is 40.9 Å². The van der Waals surface area contributed by atoms with Crippen molar-refractivity contribution in [3.8, 4) is 0 Å². The van der Waals surface area contributed by atoms with Crippen LogP contribution >= 0.6 is 35.3 Å². The fourth-order valence-corrected chi connectivity index (χ4v) is 6.15. The average Bonchev–Trinajstić information content (AvgIpc) is 3.13. The van der Waals surface area contributed by atoms with Gasteiger partial charge in [0.15, 0.2) is 5.82 Å². The van der Waals surface area contributed by atoms with E-state index in [1.807, 2.05) is 13.2 Å². The van der Waals surface area contributed by atoms with Crippen LogP contribution in [0.4, 0.5) is 11.6 Å². The molecule has 2 fully saturated rings. The Balaban J connectivity index is 0.000000840. The number of aliphatic hydroxyl groups excluding tert-OH is 1. The number of rotatable bonds is 6. The number of hydrogen-bond acceptors (Lipinski definition) is 10. The van der Waals surface area contributed by atoms with Crippen LogP contribution in [-0.2, 0) is 6.61 Å². The molecular formula is C25H38ClN7OS2. The number of anilines is 2. The number of aryl methyl sites for hydroxylation is 1. The maximum Gasteiger partial charge on any atom is 0.153 e. The summed E-state index contributed by atoms with van der Waals surface area (Å²) in [5.41, 5.74) is 8.39. The van der Waals surface area contributed by atoms with E-state index in [9.17, 15) is 5.11 Å². The van der Waals surface area contributed by atoms with E-state index in [0.29, 0.717) is 15.7 Å². The van der Waals surface area contributed by atoms with Gasteiger partial charge in [0.05, 0.1) is 23.4 Å². The van der Waals surface area contributed by atoms with Gasteiger partial charge in [-0.1, -0.05) is 62.7 Å². The monoisotopic (exact) mass is 551 g/mol. The van der Waals surface area contributed by atoms with Gasteiger partial charge >= 0.3 is 0 Å². The van der Waals surface area contributed by atoms with Crippen molar-refractivity contribution >= 4 is 46.9 Å². The van der Waals surface area contributed by atoms with E-state index in [2.05, 4.69) is 47.3 Å². The highest BCUT2D eigenvalue weighted by atomic mass is 35.5. The smallest absolute Gasteiger partial charge is 0.153 e. The van der Waals surface area contributed by atoms with Crippen LogP contribution in [-0.4, -0.2) is 52.0 Å². The average molecular weight is 552 g/mol. The van der Waals surface area contributed by atoms with Gasteiger partial charge in [0.2, 0.25) is 0 Å². The highest BCUT2D eigenvalue weighted by molar-refractivity contribution is 7.99. The lowest BCUT2D eigenvalue weighted by molar-refractivity contribution is 0.214. The number of nitrogens with two attached hydrogens (primary N) is 1. The lowest BCUT2D eigenvalue weighted by Gasteiger charge is -2.43. The van der Waals surface area contributed by atoms with Crippen LogP contribution in [0.1, 0.15) is 45.0 Å². The van der Waals surface area contributed by atoms with Gasteiger partial charge in [0, 0.05) is 41.8 Å². The number of aromatic nitrogens is 3. The number of nitrogens with one attached hydrogen (secondary N) is 2. The fourth-order valence-electron chi connectivity index (χ4n) is 4.41. The maximum absolute atomic E-state index is 10.1. The molecule has 0 bridgehead atoms. The van der Waals surface area contributed by atoms with E-state index in [4.69, 9.17) is 27.3 Å². The van der Waals surface area contributed by atoms with Crippen molar-refractivity contribution in [2.45, 2.75) is 63.1 Å². The van der Waals surface area contributed by atoms with Gasteiger partial charge in [-0.25, -0.2) is 15.0 Å². The van der Waals surface area contributed by atoms with Gasteiger partial charge in [0.25, 0.3) is 0 Å². The van der Waals surface area contributed by atoms with Gasteiger partial charge in [-0.05, 0) is 38.0 Å². The fraction of sp³-hybridized carbons (Fsp3) is 0.560. The van der Waals surface area contributed by atoms with Crippen molar-refractivity contribution in [3.63, 3.8) is 0 Å². The van der Waals surface area contributed by atoms with Crippen molar-refractivity contribution in [1.29, 1.82) is 0 Å². The zero-order valence-electron chi connectivity index (χ0n) is 21.8. The molecule has 2 aromatic heterocycles. The molecule has 1 unspecified atom stereocenters. The molecule has 0 saturated carbocycles. The van der Waals surface area contributed by atoms with Crippen LogP contribution < -0.4 is 20.7 Å². The molecule has 4 rings (SSSR count). The van der Waals surface area contributed by atoms with Gasteiger partial charge in [-0.2, -0.15) is 0 Å². The first kappa shape index (κ1) is 28.8. The minimum Gasteiger partial charge on any atom is -0.390 e. The van der Waals surface area contributed by atoms with Crippen LogP contribution in [0.25, 0.3) is 0 Å². The molecule has 0 radical (unpaired) electrons. The summed E-state index contributed by atoms with van der Waals surface area (Å²) in [5, 5.41) is 14.6. The van der Waals surface area contributed by atoms with E-state index in [0.717, 1.165) is 60.5 Å². The first-order valence-corrected chi connectivity index (χ1v) is 14.6. The third-order valence-corrected chi connectivity index (χ3v) is 8.36. The molecular weight excluding hydrogens is 514 g/mol. The maximum atomic E-state index is 10.1. The van der Waals surface area contributed by atoms with Gasteiger partial charge in [-0.15, -0.1) is 0 Å². The van der Waals surface area contributed by atoms with E-state index in [1.54, 1.807) is 24.2 Å². The second kappa shape index (κ2) is 12.7. The Bertz CT molecular complexity index is 1060. The standard InChI is InChI=1S/C21H28ClN7OS2.C4H10/c1-12-17(28-31-3)21(11-25-12)5-8-29(9-6-21)19-14(10-30)27-20(13(2)26-19)32-15-4-7-24-18(23)16(15)22;1-4(2)3/h4,7,17,25,28,30H,1,5-6,8-11H2,2-3H3,(H2,23,24);4H,1-3H3. The van der Waals surface area contributed by atoms with Crippen LogP contribution in [0.15, 0.2) is 34.5 Å². The molecule has 2 saturated heterocycles. The molecule has 36 heavy (non-hydrogen) atoms. The zero-order chi connectivity index (χ0) is 26.5. The number of nitrogens with zero attached hydrogens (tertiary/aromatic N) is 4. The number of halogens is 1. The normalized spacial score (nSPS) is 18.8. The van der Waals surface area contributed by atoms with Crippen LogP contribution in [0.3, 0.4) is 0 Å². The van der Waals surface area contributed by atoms with E-state index >= 15 is 0 Å². The Morgan fingerprint density at radius 2 is 2.00 bits per heavy atom. The molecule has 8 nitrogen and oxygen atoms in total. The Labute approximate surface area is 228 Å². The summed E-state index contributed by atoms with van der Waals surface area (Å²) in [6, 6.07) is 2.05. The highest BCUT2D eigenvalue weighted by Gasteiger charge is 2.47. The number of pyridine rings is 1. The molecule has 0 aromatic carbocycles. The van der Waals surface area contributed by atoms with Crippen molar-refractivity contribution in [2.24, 2.45) is 11.3 Å².